The van der Waals surface area contributed by atoms with Crippen LogP contribution in [0, 0.1) is 5.82 Å². The minimum absolute atomic E-state index is 0.197. The average Bonchev–Trinajstić information content (AvgIpc) is 3.21. The van der Waals surface area contributed by atoms with Crippen LogP contribution in [0.3, 0.4) is 0 Å². The second-order valence-corrected chi connectivity index (χ2v) is 6.67. The molecule has 0 amide bonds. The zero-order chi connectivity index (χ0) is 15.5. The van der Waals surface area contributed by atoms with E-state index >= 15 is 0 Å². The first-order chi connectivity index (χ1) is 9.90. The topological polar surface area (TPSA) is 95.5 Å². The third-order valence-corrected chi connectivity index (χ3v) is 4.62. The lowest BCUT2D eigenvalue weighted by Gasteiger charge is -2.08. The molecule has 1 aromatic rings. The molecule has 1 aliphatic carbocycles. The Hall–Kier alpha value is -1.51. The molecule has 0 saturated heterocycles. The number of hydrogen-bond donors (Lipinski definition) is 3. The Labute approximate surface area is 122 Å². The quantitative estimate of drug-likeness (QED) is 0.621. The van der Waals surface area contributed by atoms with E-state index < -0.39 is 26.7 Å². The molecule has 0 atom stereocenters. The molecule has 116 valence electrons. The summed E-state index contributed by atoms with van der Waals surface area (Å²) in [7, 11) is -3.96. The summed E-state index contributed by atoms with van der Waals surface area (Å²) >= 11 is 0. The van der Waals surface area contributed by atoms with E-state index in [1.165, 1.54) is 0 Å². The van der Waals surface area contributed by atoms with Gasteiger partial charge in [0, 0.05) is 12.6 Å². The molecule has 1 fully saturated rings. The zero-order valence-electron chi connectivity index (χ0n) is 11.3. The minimum Gasteiger partial charge on any atom is -0.478 e. The van der Waals surface area contributed by atoms with Crippen molar-refractivity contribution in [1.82, 2.24) is 10.0 Å². The van der Waals surface area contributed by atoms with Gasteiger partial charge in [-0.1, -0.05) is 0 Å². The van der Waals surface area contributed by atoms with Crippen molar-refractivity contribution in [2.45, 2.75) is 30.2 Å². The molecule has 21 heavy (non-hydrogen) atoms. The summed E-state index contributed by atoms with van der Waals surface area (Å²) in [6, 6.07) is 3.28. The van der Waals surface area contributed by atoms with Crippen molar-refractivity contribution in [1.29, 1.82) is 0 Å². The van der Waals surface area contributed by atoms with Crippen LogP contribution in [0.25, 0.3) is 0 Å². The molecule has 1 aliphatic rings. The Morgan fingerprint density at radius 2 is 2.05 bits per heavy atom. The van der Waals surface area contributed by atoms with Gasteiger partial charge >= 0.3 is 5.97 Å². The second kappa shape index (κ2) is 6.50. The van der Waals surface area contributed by atoms with E-state index in [0.29, 0.717) is 25.1 Å². The number of rotatable bonds is 8. The smallest absolute Gasteiger partial charge is 0.335 e. The van der Waals surface area contributed by atoms with Gasteiger partial charge in [-0.2, -0.15) is 0 Å². The van der Waals surface area contributed by atoms with Crippen molar-refractivity contribution in [2.75, 3.05) is 13.1 Å². The lowest BCUT2D eigenvalue weighted by Crippen LogP contribution is -2.28. The Morgan fingerprint density at radius 1 is 1.33 bits per heavy atom. The van der Waals surface area contributed by atoms with Gasteiger partial charge in [0.05, 0.1) is 5.56 Å². The van der Waals surface area contributed by atoms with Crippen LogP contribution in [0.15, 0.2) is 23.1 Å². The number of aromatic carboxylic acids is 1. The normalized spacial score (nSPS) is 15.1. The molecule has 0 unspecified atom stereocenters. The van der Waals surface area contributed by atoms with Crippen LogP contribution in [0.1, 0.15) is 29.6 Å². The molecule has 0 aliphatic heterocycles. The van der Waals surface area contributed by atoms with Gasteiger partial charge in [0.1, 0.15) is 10.7 Å². The van der Waals surface area contributed by atoms with Crippen molar-refractivity contribution in [3.63, 3.8) is 0 Å². The molecule has 0 heterocycles. The van der Waals surface area contributed by atoms with Crippen LogP contribution in [0.4, 0.5) is 4.39 Å². The summed E-state index contributed by atoms with van der Waals surface area (Å²) < 4.78 is 39.9. The van der Waals surface area contributed by atoms with Crippen molar-refractivity contribution < 1.29 is 22.7 Å². The molecule has 6 nitrogen and oxygen atoms in total. The molecular formula is C13H17FN2O4S. The van der Waals surface area contributed by atoms with Crippen molar-refractivity contribution in [2.24, 2.45) is 0 Å². The van der Waals surface area contributed by atoms with Gasteiger partial charge in [0.25, 0.3) is 0 Å². The standard InChI is InChI=1S/C13H17FN2O4S/c14-11-8-9(13(17)18)2-5-12(11)21(19,20)16-7-1-6-15-10-3-4-10/h2,5,8,10,15-16H,1,3-4,6-7H2,(H,17,18). The number of sulfonamides is 1. The van der Waals surface area contributed by atoms with Crippen LogP contribution in [0.2, 0.25) is 0 Å². The number of carboxylic acids is 1. The first kappa shape index (κ1) is 15.9. The van der Waals surface area contributed by atoms with E-state index in [4.69, 9.17) is 5.11 Å². The second-order valence-electron chi connectivity index (χ2n) is 4.93. The summed E-state index contributed by atoms with van der Waals surface area (Å²) in [5, 5.41) is 12.0. The molecule has 1 aromatic carbocycles. The number of carbonyl (C=O) groups is 1. The fourth-order valence-electron chi connectivity index (χ4n) is 1.82. The number of nitrogens with one attached hydrogen (secondary N) is 2. The summed E-state index contributed by atoms with van der Waals surface area (Å²) in [6.45, 7) is 0.899. The number of hydrogen-bond acceptors (Lipinski definition) is 4. The van der Waals surface area contributed by atoms with E-state index in [0.717, 1.165) is 25.0 Å². The molecule has 2 rings (SSSR count). The molecule has 0 aromatic heterocycles. The van der Waals surface area contributed by atoms with E-state index in [9.17, 15) is 17.6 Å². The number of halogens is 1. The van der Waals surface area contributed by atoms with E-state index in [1.807, 2.05) is 0 Å². The fourth-order valence-corrected chi connectivity index (χ4v) is 2.95. The Balaban J connectivity index is 1.92. The summed E-state index contributed by atoms with van der Waals surface area (Å²) in [5.74, 6) is -2.38. The van der Waals surface area contributed by atoms with Gasteiger partial charge in [0.2, 0.25) is 10.0 Å². The monoisotopic (exact) mass is 316 g/mol. The van der Waals surface area contributed by atoms with Crippen molar-refractivity contribution in [3.8, 4) is 0 Å². The maximum Gasteiger partial charge on any atom is 0.335 e. The summed E-state index contributed by atoms with van der Waals surface area (Å²) in [5.41, 5.74) is -0.292. The van der Waals surface area contributed by atoms with Crippen LogP contribution in [0.5, 0.6) is 0 Å². The highest BCUT2D eigenvalue weighted by Crippen LogP contribution is 2.18. The predicted molar refractivity (Wildman–Crippen MR) is 74.2 cm³/mol. The van der Waals surface area contributed by atoms with Gasteiger partial charge in [-0.25, -0.2) is 22.3 Å². The average molecular weight is 316 g/mol. The molecule has 8 heteroatoms. The van der Waals surface area contributed by atoms with Crippen molar-refractivity contribution in [3.05, 3.63) is 29.6 Å². The van der Waals surface area contributed by atoms with E-state index in [-0.39, 0.29) is 12.1 Å². The van der Waals surface area contributed by atoms with Gasteiger partial charge in [-0.05, 0) is 44.0 Å². The van der Waals surface area contributed by atoms with Gasteiger partial charge < -0.3 is 10.4 Å². The zero-order valence-corrected chi connectivity index (χ0v) is 12.1. The van der Waals surface area contributed by atoms with Crippen LogP contribution in [-0.2, 0) is 10.0 Å². The minimum atomic E-state index is -3.96. The maximum atomic E-state index is 13.7. The SMILES string of the molecule is O=C(O)c1ccc(S(=O)(=O)NCCCNC2CC2)c(F)c1. The third-order valence-electron chi connectivity index (χ3n) is 3.12. The first-order valence-electron chi connectivity index (χ1n) is 6.66. The highest BCUT2D eigenvalue weighted by molar-refractivity contribution is 7.89. The molecule has 3 N–H and O–H groups in total. The number of carboxylic acid groups (broad SMARTS) is 1. The van der Waals surface area contributed by atoms with Gasteiger partial charge in [-0.3, -0.25) is 0 Å². The van der Waals surface area contributed by atoms with Gasteiger partial charge in [-0.15, -0.1) is 0 Å². The third kappa shape index (κ3) is 4.48. The van der Waals surface area contributed by atoms with E-state index in [2.05, 4.69) is 10.0 Å². The highest BCUT2D eigenvalue weighted by Gasteiger charge is 2.21. The molecule has 0 radical (unpaired) electrons. The highest BCUT2D eigenvalue weighted by atomic mass is 32.2. The largest absolute Gasteiger partial charge is 0.478 e. The maximum absolute atomic E-state index is 13.7. The fraction of sp³-hybridized carbons (Fsp3) is 0.462. The molecule has 0 spiro atoms. The van der Waals surface area contributed by atoms with Crippen molar-refractivity contribution >= 4 is 16.0 Å². The first-order valence-corrected chi connectivity index (χ1v) is 8.14. The lowest BCUT2D eigenvalue weighted by molar-refractivity contribution is 0.0696. The van der Waals surface area contributed by atoms with Crippen LogP contribution in [-0.4, -0.2) is 38.6 Å². The van der Waals surface area contributed by atoms with Crippen LogP contribution < -0.4 is 10.0 Å². The summed E-state index contributed by atoms with van der Waals surface area (Å²) in [6.07, 6.45) is 2.92. The molecule has 0 bridgehead atoms. The number of benzene rings is 1. The van der Waals surface area contributed by atoms with Gasteiger partial charge in [0.15, 0.2) is 0 Å². The molecule has 1 saturated carbocycles. The Morgan fingerprint density at radius 3 is 2.62 bits per heavy atom. The Kier molecular flexibility index (Phi) is 4.92. The lowest BCUT2D eigenvalue weighted by atomic mass is 10.2. The van der Waals surface area contributed by atoms with Crippen LogP contribution >= 0.6 is 0 Å². The molecular weight excluding hydrogens is 299 g/mol. The van der Waals surface area contributed by atoms with E-state index in [1.54, 1.807) is 0 Å². The summed E-state index contributed by atoms with van der Waals surface area (Å²) in [4.78, 5) is 10.1. The predicted octanol–water partition coefficient (Wildman–Crippen LogP) is 0.944. The Bertz CT molecular complexity index is 629.